The highest BCUT2D eigenvalue weighted by Gasteiger charge is 2.11. The number of carbonyl (C=O) groups excluding carboxylic acids is 1. The number of aromatic nitrogens is 2. The Kier molecular flexibility index (Phi) is 4.66. The number of primary amides is 1. The minimum atomic E-state index is -0.950. The second-order valence-electron chi connectivity index (χ2n) is 4.24. The highest BCUT2D eigenvalue weighted by atomic mass is 35.5. The average molecular weight is 311 g/mol. The van der Waals surface area contributed by atoms with Crippen LogP contribution in [0.1, 0.15) is 22.2 Å². The number of halogens is 2. The molecule has 1 aromatic carbocycles. The molecule has 110 valence electrons. The Bertz CT molecular complexity index is 651. The molecule has 0 aliphatic heterocycles. The molecule has 1 amide bonds. The number of benzene rings is 1. The Balaban J connectivity index is 1.98. The number of hydrogen-bond donors (Lipinski definition) is 3. The number of aliphatic hydroxyl groups excluding tert-OH is 1. The van der Waals surface area contributed by atoms with E-state index in [0.29, 0.717) is 11.4 Å². The number of nitrogens with one attached hydrogen (secondary N) is 1. The van der Waals surface area contributed by atoms with Crippen LogP contribution in [0.25, 0.3) is 0 Å². The molecule has 6 nitrogen and oxygen atoms in total. The molecule has 2 rings (SSSR count). The van der Waals surface area contributed by atoms with E-state index in [1.807, 2.05) is 0 Å². The van der Waals surface area contributed by atoms with Crippen molar-refractivity contribution in [2.75, 3.05) is 11.9 Å². The number of aliphatic hydroxyl groups is 1. The minimum absolute atomic E-state index is 0.00758. The number of rotatable bonds is 5. The molecule has 0 fully saturated rings. The number of hydrogen-bond acceptors (Lipinski definition) is 5. The van der Waals surface area contributed by atoms with Crippen LogP contribution in [0.5, 0.6) is 0 Å². The summed E-state index contributed by atoms with van der Waals surface area (Å²) in [6, 6.07) is 6.97. The standard InChI is InChI=1S/C13H12ClFN4O2/c14-8-2-1-7(5-9(8)15)11(20)6-17-12-4-3-10(13(16)21)18-19-12/h1-5,11,20H,6H2,(H2,16,21)(H,17,19). The maximum Gasteiger partial charge on any atom is 0.269 e. The quantitative estimate of drug-likeness (QED) is 0.777. The highest BCUT2D eigenvalue weighted by Crippen LogP contribution is 2.20. The summed E-state index contributed by atoms with van der Waals surface area (Å²) in [6.07, 6.45) is -0.950. The Morgan fingerprint density at radius 3 is 2.71 bits per heavy atom. The van der Waals surface area contributed by atoms with E-state index in [1.165, 1.54) is 24.3 Å². The number of nitrogens with zero attached hydrogens (tertiary/aromatic N) is 2. The maximum absolute atomic E-state index is 13.3. The summed E-state index contributed by atoms with van der Waals surface area (Å²) in [5.74, 6) is -0.918. The monoisotopic (exact) mass is 310 g/mol. The Morgan fingerprint density at radius 1 is 1.38 bits per heavy atom. The van der Waals surface area contributed by atoms with E-state index in [4.69, 9.17) is 17.3 Å². The summed E-state index contributed by atoms with van der Waals surface area (Å²) < 4.78 is 13.3. The average Bonchev–Trinajstić information content (AvgIpc) is 2.48. The lowest BCUT2D eigenvalue weighted by molar-refractivity contribution is 0.0994. The van der Waals surface area contributed by atoms with Crippen LogP contribution >= 0.6 is 11.6 Å². The molecule has 1 atom stereocenters. The minimum Gasteiger partial charge on any atom is -0.387 e. The van der Waals surface area contributed by atoms with Crippen LogP contribution in [-0.4, -0.2) is 27.8 Å². The molecule has 0 radical (unpaired) electrons. The van der Waals surface area contributed by atoms with Crippen molar-refractivity contribution in [1.82, 2.24) is 10.2 Å². The molecular formula is C13H12ClFN4O2. The molecule has 1 heterocycles. The summed E-state index contributed by atoms with van der Waals surface area (Å²) in [6.45, 7) is 0.0890. The summed E-state index contributed by atoms with van der Waals surface area (Å²) in [5.41, 5.74) is 5.46. The predicted octanol–water partition coefficient (Wildman–Crippen LogP) is 1.51. The van der Waals surface area contributed by atoms with Crippen molar-refractivity contribution in [3.05, 3.63) is 52.4 Å². The molecule has 0 aliphatic carbocycles. The molecule has 1 aromatic heterocycles. The molecule has 8 heteroatoms. The topological polar surface area (TPSA) is 101 Å². The molecule has 2 aromatic rings. The van der Waals surface area contributed by atoms with Gasteiger partial charge < -0.3 is 16.2 Å². The number of nitrogens with two attached hydrogens (primary N) is 1. The third kappa shape index (κ3) is 3.87. The maximum atomic E-state index is 13.3. The summed E-state index contributed by atoms with van der Waals surface area (Å²) in [5, 5.41) is 20.1. The van der Waals surface area contributed by atoms with E-state index in [-0.39, 0.29) is 17.3 Å². The normalized spacial score (nSPS) is 12.0. The van der Waals surface area contributed by atoms with E-state index in [0.717, 1.165) is 6.07 Å². The fourth-order valence-corrected chi connectivity index (χ4v) is 1.71. The first kappa shape index (κ1) is 15.1. The Hall–Kier alpha value is -2.25. The van der Waals surface area contributed by atoms with E-state index in [2.05, 4.69) is 15.5 Å². The lowest BCUT2D eigenvalue weighted by Gasteiger charge is -2.12. The van der Waals surface area contributed by atoms with E-state index in [1.54, 1.807) is 0 Å². The SMILES string of the molecule is NC(=O)c1ccc(NCC(O)c2ccc(Cl)c(F)c2)nn1. The van der Waals surface area contributed by atoms with Crippen LogP contribution in [0.3, 0.4) is 0 Å². The van der Waals surface area contributed by atoms with Crippen molar-refractivity contribution in [2.45, 2.75) is 6.10 Å². The van der Waals surface area contributed by atoms with E-state index in [9.17, 15) is 14.3 Å². The smallest absolute Gasteiger partial charge is 0.269 e. The zero-order valence-corrected chi connectivity index (χ0v) is 11.5. The Labute approximate surface area is 124 Å². The second-order valence-corrected chi connectivity index (χ2v) is 4.65. The van der Waals surface area contributed by atoms with Gasteiger partial charge in [0.05, 0.1) is 11.1 Å². The lowest BCUT2D eigenvalue weighted by Crippen LogP contribution is -2.16. The van der Waals surface area contributed by atoms with Gasteiger partial charge in [0.15, 0.2) is 5.69 Å². The van der Waals surface area contributed by atoms with Crippen LogP contribution in [0.4, 0.5) is 10.2 Å². The summed E-state index contributed by atoms with van der Waals surface area (Å²) in [4.78, 5) is 10.8. The van der Waals surface area contributed by atoms with Crippen molar-refractivity contribution in [2.24, 2.45) is 5.73 Å². The van der Waals surface area contributed by atoms with Crippen molar-refractivity contribution in [3.8, 4) is 0 Å². The lowest BCUT2D eigenvalue weighted by atomic mass is 10.1. The van der Waals surface area contributed by atoms with Crippen molar-refractivity contribution in [1.29, 1.82) is 0 Å². The van der Waals surface area contributed by atoms with Crippen LogP contribution in [0, 0.1) is 5.82 Å². The number of anilines is 1. The van der Waals surface area contributed by atoms with Crippen LogP contribution in [0.15, 0.2) is 30.3 Å². The van der Waals surface area contributed by atoms with Crippen LogP contribution in [0.2, 0.25) is 5.02 Å². The van der Waals surface area contributed by atoms with Gasteiger partial charge in [-0.15, -0.1) is 10.2 Å². The van der Waals surface area contributed by atoms with Gasteiger partial charge in [0.1, 0.15) is 11.6 Å². The zero-order valence-electron chi connectivity index (χ0n) is 10.8. The van der Waals surface area contributed by atoms with Gasteiger partial charge in [0, 0.05) is 6.54 Å². The first-order valence-corrected chi connectivity index (χ1v) is 6.35. The number of carbonyl (C=O) groups is 1. The van der Waals surface area contributed by atoms with Gasteiger partial charge in [-0.1, -0.05) is 17.7 Å². The highest BCUT2D eigenvalue weighted by molar-refractivity contribution is 6.30. The van der Waals surface area contributed by atoms with Gasteiger partial charge in [-0.3, -0.25) is 4.79 Å². The fraction of sp³-hybridized carbons (Fsp3) is 0.154. The molecule has 0 aliphatic rings. The summed E-state index contributed by atoms with van der Waals surface area (Å²) in [7, 11) is 0. The molecule has 0 saturated heterocycles. The fourth-order valence-electron chi connectivity index (χ4n) is 1.60. The first-order valence-electron chi connectivity index (χ1n) is 5.98. The molecule has 0 bridgehead atoms. The molecule has 0 spiro atoms. The van der Waals surface area contributed by atoms with Gasteiger partial charge >= 0.3 is 0 Å². The van der Waals surface area contributed by atoms with Crippen molar-refractivity contribution < 1.29 is 14.3 Å². The third-order valence-corrected chi connectivity index (χ3v) is 3.03. The predicted molar refractivity (Wildman–Crippen MR) is 75.4 cm³/mol. The largest absolute Gasteiger partial charge is 0.387 e. The van der Waals surface area contributed by atoms with Gasteiger partial charge in [-0.05, 0) is 29.8 Å². The molecule has 0 saturated carbocycles. The molecular weight excluding hydrogens is 299 g/mol. The summed E-state index contributed by atoms with van der Waals surface area (Å²) >= 11 is 5.57. The Morgan fingerprint density at radius 2 is 2.14 bits per heavy atom. The van der Waals surface area contributed by atoms with Gasteiger partial charge in [-0.25, -0.2) is 4.39 Å². The van der Waals surface area contributed by atoms with Crippen LogP contribution < -0.4 is 11.1 Å². The van der Waals surface area contributed by atoms with Gasteiger partial charge in [0.25, 0.3) is 5.91 Å². The van der Waals surface area contributed by atoms with E-state index >= 15 is 0 Å². The van der Waals surface area contributed by atoms with Crippen molar-refractivity contribution >= 4 is 23.3 Å². The van der Waals surface area contributed by atoms with Crippen LogP contribution in [-0.2, 0) is 0 Å². The van der Waals surface area contributed by atoms with E-state index < -0.39 is 17.8 Å². The second kappa shape index (κ2) is 6.47. The molecule has 21 heavy (non-hydrogen) atoms. The molecule has 1 unspecified atom stereocenters. The molecule has 4 N–H and O–H groups in total. The first-order chi connectivity index (χ1) is 9.97. The van der Waals surface area contributed by atoms with Gasteiger partial charge in [-0.2, -0.15) is 0 Å². The third-order valence-electron chi connectivity index (χ3n) is 2.72. The van der Waals surface area contributed by atoms with Crippen molar-refractivity contribution in [3.63, 3.8) is 0 Å². The number of amides is 1. The zero-order chi connectivity index (χ0) is 15.4. The van der Waals surface area contributed by atoms with Gasteiger partial charge in [0.2, 0.25) is 0 Å².